The number of amides is 1. The molecule has 2 aromatic rings. The molecule has 1 aliphatic rings. The third kappa shape index (κ3) is 4.83. The molecule has 1 saturated heterocycles. The summed E-state index contributed by atoms with van der Waals surface area (Å²) in [5.41, 5.74) is 0.895. The number of halogens is 2. The first-order valence-corrected chi connectivity index (χ1v) is 11.2. The standard InChI is InChI=1S/C17H11Cl2NO4S3/c1-27(22,23)24-14-6-5-12(19)7-10(14)8-15-16(21)20(17(25)26-15)13-4-2-3-11(18)9-13/h2-9H,1H3/b15-8+. The third-order valence-electron chi connectivity index (χ3n) is 3.36. The van der Waals surface area contributed by atoms with E-state index in [0.29, 0.717) is 30.5 Å². The van der Waals surface area contributed by atoms with Crippen molar-refractivity contribution in [2.75, 3.05) is 11.2 Å². The summed E-state index contributed by atoms with van der Waals surface area (Å²) in [4.78, 5) is 14.5. The van der Waals surface area contributed by atoms with Gasteiger partial charge in [0.25, 0.3) is 5.91 Å². The second kappa shape index (κ2) is 7.81. The lowest BCUT2D eigenvalue weighted by atomic mass is 10.2. The van der Waals surface area contributed by atoms with Crippen LogP contribution in [0.1, 0.15) is 5.56 Å². The van der Waals surface area contributed by atoms with Crippen LogP contribution in [-0.4, -0.2) is 24.9 Å². The lowest BCUT2D eigenvalue weighted by Gasteiger charge is -2.14. The van der Waals surface area contributed by atoms with Gasteiger partial charge in [0.05, 0.1) is 16.8 Å². The van der Waals surface area contributed by atoms with E-state index < -0.39 is 10.1 Å². The molecule has 3 rings (SSSR count). The second-order valence-electron chi connectivity index (χ2n) is 5.47. The summed E-state index contributed by atoms with van der Waals surface area (Å²) in [6.07, 6.45) is 2.43. The molecule has 1 amide bonds. The van der Waals surface area contributed by atoms with Gasteiger partial charge in [0.2, 0.25) is 0 Å². The highest BCUT2D eigenvalue weighted by atomic mass is 35.5. The molecule has 0 saturated carbocycles. The normalized spacial score (nSPS) is 16.3. The molecule has 0 radical (unpaired) electrons. The number of carbonyl (C=O) groups is 1. The maximum atomic E-state index is 12.8. The molecule has 0 unspecified atom stereocenters. The molecule has 0 bridgehead atoms. The fourth-order valence-electron chi connectivity index (χ4n) is 2.32. The average molecular weight is 460 g/mol. The molecular formula is C17H11Cl2NO4S3. The van der Waals surface area contributed by atoms with Gasteiger partial charge in [-0.3, -0.25) is 9.69 Å². The topological polar surface area (TPSA) is 63.7 Å². The quantitative estimate of drug-likeness (QED) is 0.373. The van der Waals surface area contributed by atoms with Crippen LogP contribution in [0, 0.1) is 0 Å². The van der Waals surface area contributed by atoms with Crippen molar-refractivity contribution in [3.8, 4) is 5.75 Å². The van der Waals surface area contributed by atoms with Gasteiger partial charge in [-0.15, -0.1) is 0 Å². The molecule has 0 spiro atoms. The Hall–Kier alpha value is -1.58. The van der Waals surface area contributed by atoms with Crippen LogP contribution < -0.4 is 9.08 Å². The number of thioether (sulfide) groups is 1. The minimum absolute atomic E-state index is 0.0647. The Bertz CT molecular complexity index is 1080. The highest BCUT2D eigenvalue weighted by molar-refractivity contribution is 8.27. The van der Waals surface area contributed by atoms with Gasteiger partial charge >= 0.3 is 10.1 Å². The number of hydrogen-bond acceptors (Lipinski definition) is 6. The van der Waals surface area contributed by atoms with Crippen LogP contribution in [-0.2, 0) is 14.9 Å². The fraction of sp³-hybridized carbons (Fsp3) is 0.0588. The van der Waals surface area contributed by atoms with Crippen molar-refractivity contribution >= 4 is 79.3 Å². The van der Waals surface area contributed by atoms with Gasteiger partial charge in [-0.1, -0.05) is 53.2 Å². The number of thiocarbonyl (C=S) groups is 1. The molecule has 1 aliphatic heterocycles. The van der Waals surface area contributed by atoms with Crippen molar-refractivity contribution in [3.05, 3.63) is 63.0 Å². The molecule has 1 fully saturated rings. The van der Waals surface area contributed by atoms with Gasteiger partial charge in [-0.25, -0.2) is 0 Å². The van der Waals surface area contributed by atoms with E-state index in [1.54, 1.807) is 24.3 Å². The van der Waals surface area contributed by atoms with E-state index in [1.807, 2.05) is 0 Å². The van der Waals surface area contributed by atoms with E-state index in [0.717, 1.165) is 18.0 Å². The Labute approximate surface area is 176 Å². The van der Waals surface area contributed by atoms with Crippen molar-refractivity contribution < 1.29 is 17.4 Å². The average Bonchev–Trinajstić information content (AvgIpc) is 2.83. The maximum Gasteiger partial charge on any atom is 0.306 e. The van der Waals surface area contributed by atoms with Gasteiger partial charge in [0.15, 0.2) is 4.32 Å². The molecule has 140 valence electrons. The highest BCUT2D eigenvalue weighted by Gasteiger charge is 2.33. The molecule has 0 N–H and O–H groups in total. The number of benzene rings is 2. The molecule has 1 heterocycles. The van der Waals surface area contributed by atoms with Crippen molar-refractivity contribution in [3.63, 3.8) is 0 Å². The lowest BCUT2D eigenvalue weighted by molar-refractivity contribution is -0.113. The van der Waals surface area contributed by atoms with Gasteiger partial charge in [-0.05, 0) is 42.5 Å². The zero-order valence-electron chi connectivity index (χ0n) is 13.7. The second-order valence-corrected chi connectivity index (χ2v) is 9.59. The van der Waals surface area contributed by atoms with Crippen molar-refractivity contribution in [1.82, 2.24) is 0 Å². The molecule has 0 aliphatic carbocycles. The first kappa shape index (κ1) is 20.2. The van der Waals surface area contributed by atoms with E-state index >= 15 is 0 Å². The summed E-state index contributed by atoms with van der Waals surface area (Å²) in [5, 5.41) is 0.844. The summed E-state index contributed by atoms with van der Waals surface area (Å²) in [5.74, 6) is -0.285. The van der Waals surface area contributed by atoms with E-state index in [-0.39, 0.29) is 11.7 Å². The van der Waals surface area contributed by atoms with Crippen molar-refractivity contribution in [2.24, 2.45) is 0 Å². The summed E-state index contributed by atoms with van der Waals surface area (Å²) in [6.45, 7) is 0. The summed E-state index contributed by atoms with van der Waals surface area (Å²) in [7, 11) is -3.74. The predicted molar refractivity (Wildman–Crippen MR) is 114 cm³/mol. The molecular weight excluding hydrogens is 449 g/mol. The van der Waals surface area contributed by atoms with Crippen LogP contribution in [0.15, 0.2) is 47.4 Å². The van der Waals surface area contributed by atoms with Crippen LogP contribution in [0.4, 0.5) is 5.69 Å². The zero-order valence-corrected chi connectivity index (χ0v) is 17.6. The Morgan fingerprint density at radius 2 is 1.85 bits per heavy atom. The predicted octanol–water partition coefficient (Wildman–Crippen LogP) is 4.74. The summed E-state index contributed by atoms with van der Waals surface area (Å²) in [6, 6.07) is 11.2. The smallest absolute Gasteiger partial charge is 0.306 e. The van der Waals surface area contributed by atoms with Crippen LogP contribution in [0.2, 0.25) is 10.0 Å². The largest absolute Gasteiger partial charge is 0.382 e. The molecule has 27 heavy (non-hydrogen) atoms. The fourth-order valence-corrected chi connectivity index (χ4v) is 4.45. The minimum Gasteiger partial charge on any atom is -0.382 e. The lowest BCUT2D eigenvalue weighted by Crippen LogP contribution is -2.27. The van der Waals surface area contributed by atoms with E-state index in [9.17, 15) is 13.2 Å². The van der Waals surface area contributed by atoms with Crippen molar-refractivity contribution in [2.45, 2.75) is 0 Å². The first-order valence-electron chi connectivity index (χ1n) is 7.36. The van der Waals surface area contributed by atoms with Crippen molar-refractivity contribution in [1.29, 1.82) is 0 Å². The molecule has 10 heteroatoms. The summed E-state index contributed by atoms with van der Waals surface area (Å²) < 4.78 is 28.2. The van der Waals surface area contributed by atoms with Crippen LogP contribution in [0.3, 0.4) is 0 Å². The Morgan fingerprint density at radius 3 is 2.52 bits per heavy atom. The molecule has 2 aromatic carbocycles. The number of carbonyl (C=O) groups excluding carboxylic acids is 1. The monoisotopic (exact) mass is 459 g/mol. The van der Waals surface area contributed by atoms with Gasteiger partial charge < -0.3 is 4.18 Å². The Balaban J connectivity index is 2.00. The van der Waals surface area contributed by atoms with Crippen LogP contribution in [0.5, 0.6) is 5.75 Å². The van der Waals surface area contributed by atoms with E-state index in [4.69, 9.17) is 39.6 Å². The van der Waals surface area contributed by atoms with E-state index in [2.05, 4.69) is 0 Å². The number of hydrogen-bond donors (Lipinski definition) is 0. The molecule has 5 nitrogen and oxygen atoms in total. The Morgan fingerprint density at radius 1 is 1.15 bits per heavy atom. The third-order valence-corrected chi connectivity index (χ3v) is 5.61. The van der Waals surface area contributed by atoms with Gasteiger partial charge in [-0.2, -0.15) is 8.42 Å². The number of nitrogens with zero attached hydrogens (tertiary/aromatic N) is 1. The summed E-state index contributed by atoms with van der Waals surface area (Å²) >= 11 is 18.4. The SMILES string of the molecule is CS(=O)(=O)Oc1ccc(Cl)cc1/C=C1/SC(=S)N(c2cccc(Cl)c2)C1=O. The van der Waals surface area contributed by atoms with Gasteiger partial charge in [0, 0.05) is 15.6 Å². The maximum absolute atomic E-state index is 12.8. The highest BCUT2D eigenvalue weighted by Crippen LogP contribution is 2.38. The first-order chi connectivity index (χ1) is 12.6. The van der Waals surface area contributed by atoms with E-state index in [1.165, 1.54) is 29.2 Å². The number of rotatable bonds is 4. The van der Waals surface area contributed by atoms with Gasteiger partial charge in [0.1, 0.15) is 5.75 Å². The van der Waals surface area contributed by atoms with Crippen LogP contribution >= 0.6 is 47.2 Å². The van der Waals surface area contributed by atoms with Crippen LogP contribution in [0.25, 0.3) is 6.08 Å². The zero-order chi connectivity index (χ0) is 19.8. The minimum atomic E-state index is -3.74. The Kier molecular flexibility index (Phi) is 5.83. The molecule has 0 aromatic heterocycles. The molecule has 0 atom stereocenters. The number of anilines is 1.